The molecule has 0 bridgehead atoms. The average Bonchev–Trinajstić information content (AvgIpc) is 3.76. The first-order chi connectivity index (χ1) is 21.3. The fourth-order valence-electron chi connectivity index (χ4n) is 7.49. The van der Waals surface area contributed by atoms with Gasteiger partial charge in [-0.15, -0.1) is 16.4 Å². The Morgan fingerprint density at radius 2 is 2.07 bits per heavy atom. The number of nitriles is 1. The third-order valence-corrected chi connectivity index (χ3v) is 10.7. The van der Waals surface area contributed by atoms with Gasteiger partial charge in [-0.25, -0.2) is 4.98 Å². The third kappa shape index (κ3) is 4.53. The number of Topliss-reactive ketones (excluding diaryl/α,β-unsaturated/α-hetero) is 1. The van der Waals surface area contributed by atoms with Crippen LogP contribution in [-0.2, 0) is 16.6 Å². The quantitative estimate of drug-likeness (QED) is 0.313. The monoisotopic (exact) mass is 609 g/mol. The molecule has 44 heavy (non-hydrogen) atoms. The topological polar surface area (TPSA) is 162 Å². The van der Waals surface area contributed by atoms with E-state index in [0.29, 0.717) is 52.9 Å². The van der Waals surface area contributed by atoms with Crippen LogP contribution in [0.25, 0.3) is 22.9 Å². The highest BCUT2D eigenvalue weighted by Gasteiger charge is 2.49. The predicted molar refractivity (Wildman–Crippen MR) is 167 cm³/mol. The van der Waals surface area contributed by atoms with Crippen molar-refractivity contribution < 1.29 is 9.53 Å². The molecule has 5 aliphatic rings. The number of thiophene rings is 1. The molecule has 0 amide bonds. The molecule has 0 aromatic carbocycles. The van der Waals surface area contributed by atoms with E-state index in [1.54, 1.807) is 12.3 Å². The number of ether oxygens (including phenoxy) is 1. The van der Waals surface area contributed by atoms with Crippen molar-refractivity contribution in [2.45, 2.75) is 75.9 Å². The fourth-order valence-corrected chi connectivity index (χ4v) is 8.65. The van der Waals surface area contributed by atoms with Crippen LogP contribution in [-0.4, -0.2) is 61.2 Å². The number of ketones is 1. The molecule has 7 rings (SSSR count). The molecule has 0 radical (unpaired) electrons. The number of aryl methyl sites for hydroxylation is 1. The molecule has 5 heterocycles. The van der Waals surface area contributed by atoms with Crippen LogP contribution in [0, 0.1) is 11.3 Å². The lowest BCUT2D eigenvalue weighted by molar-refractivity contribution is -0.122. The maximum Gasteiger partial charge on any atom is 0.219 e. The van der Waals surface area contributed by atoms with Crippen molar-refractivity contribution >= 4 is 27.8 Å². The molecule has 0 unspecified atom stereocenters. The number of hydrogen-bond donors (Lipinski definition) is 2. The summed E-state index contributed by atoms with van der Waals surface area (Å²) in [5.74, 6) is 1.71. The molecule has 226 valence electrons. The zero-order valence-electron chi connectivity index (χ0n) is 24.9. The number of carbonyl (C=O) groups excluding carboxylic acids is 1. The van der Waals surface area contributed by atoms with Gasteiger partial charge in [0.05, 0.1) is 22.9 Å². The second-order valence-electron chi connectivity index (χ2n) is 12.2. The van der Waals surface area contributed by atoms with E-state index in [2.05, 4.69) is 35.1 Å². The fraction of sp³-hybridized carbons (Fsp3) is 0.438. The normalized spacial score (nSPS) is 23.9. The highest BCUT2D eigenvalue weighted by molar-refractivity contribution is 7.16. The molecule has 1 spiro atoms. The highest BCUT2D eigenvalue weighted by Crippen LogP contribution is 2.52. The molecular formula is C32H35N9O2S. The van der Waals surface area contributed by atoms with Gasteiger partial charge in [0.25, 0.3) is 0 Å². The van der Waals surface area contributed by atoms with Gasteiger partial charge in [0.1, 0.15) is 23.0 Å². The standard InChI is InChI=1S/C32H35N9O2S/c1-18(22-9-6-13-40(22)2)43-25-15-24(41-14-5-7-19-17-36-39-31(19)41)37-30(38-25)27(34)20-8-3-11-32(28(20)42)12-4-10-23-26(32)21(16-33)29(35)44-23/h5,7,14-15,17-18,22H,3-4,6,8-13,34-35H2,1-2H3/t18-,22-,32-/m0/s1. The van der Waals surface area contributed by atoms with Crippen LogP contribution in [0.3, 0.4) is 0 Å². The number of likely N-dealkylation sites (tertiary alicyclic amines) is 1. The zero-order chi connectivity index (χ0) is 30.6. The summed E-state index contributed by atoms with van der Waals surface area (Å²) < 4.78 is 8.29. The van der Waals surface area contributed by atoms with E-state index in [1.807, 2.05) is 22.9 Å². The maximum absolute atomic E-state index is 14.5. The van der Waals surface area contributed by atoms with Crippen molar-refractivity contribution in [2.24, 2.45) is 5.73 Å². The molecule has 1 saturated carbocycles. The Labute approximate surface area is 259 Å². The van der Waals surface area contributed by atoms with E-state index in [-0.39, 0.29) is 29.5 Å². The van der Waals surface area contributed by atoms with Gasteiger partial charge in [0, 0.05) is 34.3 Å². The van der Waals surface area contributed by atoms with Crippen LogP contribution in [0.2, 0.25) is 0 Å². The number of nitrogen functional groups attached to an aromatic ring is 1. The summed E-state index contributed by atoms with van der Waals surface area (Å²) in [6, 6.07) is 8.17. The summed E-state index contributed by atoms with van der Waals surface area (Å²) in [5, 5.41) is 18.9. The van der Waals surface area contributed by atoms with Gasteiger partial charge in [-0.05, 0) is 89.6 Å². The molecule has 11 nitrogen and oxygen atoms in total. The number of fused-ring (bicyclic) bond motifs is 3. The first kappa shape index (κ1) is 28.4. The molecule has 3 atom stereocenters. The van der Waals surface area contributed by atoms with Gasteiger partial charge < -0.3 is 16.2 Å². The van der Waals surface area contributed by atoms with Gasteiger partial charge in [0.2, 0.25) is 5.88 Å². The van der Waals surface area contributed by atoms with Crippen molar-refractivity contribution in [1.29, 1.82) is 5.26 Å². The molecular weight excluding hydrogens is 574 g/mol. The minimum atomic E-state index is -0.811. The van der Waals surface area contributed by atoms with Crippen molar-refractivity contribution in [2.75, 3.05) is 19.3 Å². The van der Waals surface area contributed by atoms with Gasteiger partial charge >= 0.3 is 0 Å². The summed E-state index contributed by atoms with van der Waals surface area (Å²) in [6.45, 7) is 3.08. The summed E-state index contributed by atoms with van der Waals surface area (Å²) >= 11 is 1.43. The number of allylic oxidation sites excluding steroid dienone is 1. The van der Waals surface area contributed by atoms with Gasteiger partial charge in [-0.2, -0.15) is 15.3 Å². The Bertz CT molecular complexity index is 1800. The lowest BCUT2D eigenvalue weighted by atomic mass is 9.61. The SMILES string of the molecule is C[C@H](Oc1cc(-n2cccc3cnnc2-3)nc(C(N)=C2CCC[C@@]3(CCCc4sc(N)c(C#N)c43)C2=O)n1)[C@@H]1CCCN1C. The number of rotatable bonds is 5. The highest BCUT2D eigenvalue weighted by atomic mass is 32.1. The molecule has 4 N–H and O–H groups in total. The largest absolute Gasteiger partial charge is 0.473 e. The minimum Gasteiger partial charge on any atom is -0.473 e. The second kappa shape index (κ2) is 11.0. The van der Waals surface area contributed by atoms with Crippen LogP contribution in [0.5, 0.6) is 5.88 Å². The number of hydrogen-bond acceptors (Lipinski definition) is 11. The number of nitrogens with zero attached hydrogens (tertiary/aromatic N) is 7. The lowest BCUT2D eigenvalue weighted by Gasteiger charge is -2.40. The van der Waals surface area contributed by atoms with Crippen molar-refractivity contribution in [3.8, 4) is 29.2 Å². The Balaban J connectivity index is 1.34. The first-order valence-electron chi connectivity index (χ1n) is 15.2. The smallest absolute Gasteiger partial charge is 0.219 e. The number of aromatic nitrogens is 5. The number of nitrogens with two attached hydrogens (primary N) is 2. The van der Waals surface area contributed by atoms with Gasteiger partial charge in [0.15, 0.2) is 17.4 Å². The predicted octanol–water partition coefficient (Wildman–Crippen LogP) is 4.24. The van der Waals surface area contributed by atoms with E-state index >= 15 is 0 Å². The van der Waals surface area contributed by atoms with Crippen LogP contribution in [0.15, 0.2) is 36.2 Å². The van der Waals surface area contributed by atoms with Gasteiger partial charge in [-0.3, -0.25) is 14.3 Å². The van der Waals surface area contributed by atoms with Crippen molar-refractivity contribution in [3.05, 3.63) is 58.0 Å². The molecule has 2 aromatic rings. The van der Waals surface area contributed by atoms with Gasteiger partial charge in [-0.1, -0.05) is 0 Å². The van der Waals surface area contributed by atoms with E-state index in [4.69, 9.17) is 26.2 Å². The zero-order valence-corrected chi connectivity index (χ0v) is 25.7. The number of carbonyl (C=O) groups is 1. The van der Waals surface area contributed by atoms with E-state index in [1.165, 1.54) is 11.3 Å². The van der Waals surface area contributed by atoms with E-state index in [9.17, 15) is 10.1 Å². The number of pyridine rings is 1. The van der Waals surface area contributed by atoms with Crippen LogP contribution in [0.4, 0.5) is 5.00 Å². The van der Waals surface area contributed by atoms with E-state index < -0.39 is 5.41 Å². The number of likely N-dealkylation sites (N-methyl/N-ethyl adjacent to an activating group) is 1. The second-order valence-corrected chi connectivity index (χ2v) is 13.3. The Morgan fingerprint density at radius 1 is 1.25 bits per heavy atom. The average molecular weight is 610 g/mol. The van der Waals surface area contributed by atoms with Crippen LogP contribution >= 0.6 is 11.3 Å². The summed E-state index contributed by atoms with van der Waals surface area (Å²) in [4.78, 5) is 27.5. The third-order valence-electron chi connectivity index (χ3n) is 9.62. The first-order valence-corrected chi connectivity index (χ1v) is 16.0. The molecule has 3 aliphatic heterocycles. The van der Waals surface area contributed by atoms with Crippen molar-refractivity contribution in [3.63, 3.8) is 0 Å². The Hall–Kier alpha value is -4.34. The van der Waals surface area contributed by atoms with Crippen LogP contribution < -0.4 is 16.2 Å². The molecule has 12 heteroatoms. The van der Waals surface area contributed by atoms with E-state index in [0.717, 1.165) is 54.7 Å². The Morgan fingerprint density at radius 3 is 2.84 bits per heavy atom. The van der Waals surface area contributed by atoms with Crippen molar-refractivity contribution in [1.82, 2.24) is 29.6 Å². The molecule has 2 fully saturated rings. The Kier molecular flexibility index (Phi) is 7.10. The van der Waals surface area contributed by atoms with Crippen LogP contribution in [0.1, 0.15) is 73.7 Å². The molecule has 2 aliphatic carbocycles. The summed E-state index contributed by atoms with van der Waals surface area (Å²) in [5.41, 5.74) is 15.2. The molecule has 1 saturated heterocycles. The number of anilines is 1. The minimum absolute atomic E-state index is 0.0504. The lowest BCUT2D eigenvalue weighted by Crippen LogP contribution is -2.43. The summed E-state index contributed by atoms with van der Waals surface area (Å²) in [7, 11) is 2.11. The molecule has 2 aromatic heterocycles. The maximum atomic E-state index is 14.5. The summed E-state index contributed by atoms with van der Waals surface area (Å²) in [6.07, 6.45) is 9.87.